The van der Waals surface area contributed by atoms with Crippen molar-refractivity contribution in [2.45, 2.75) is 59.5 Å². The van der Waals surface area contributed by atoms with Gasteiger partial charge in [-0.2, -0.15) is 0 Å². The highest BCUT2D eigenvalue weighted by molar-refractivity contribution is 6.02. The van der Waals surface area contributed by atoms with Gasteiger partial charge in [0.1, 0.15) is 0 Å². The first-order valence-corrected chi connectivity index (χ1v) is 13.5. The SMILES string of the molecule is CC(C)CC(=O)Nc1ccc(N2CCCN(C(=O)NC(C)(C)C)CC2)c(C(=O)N(C)Cc2ccccc2)c1. The molecule has 0 unspecified atom stereocenters. The maximum atomic E-state index is 13.8. The zero-order chi connectivity index (χ0) is 27.9. The lowest BCUT2D eigenvalue weighted by Gasteiger charge is -2.29. The molecule has 2 aromatic rings. The van der Waals surface area contributed by atoms with Gasteiger partial charge >= 0.3 is 6.03 Å². The Morgan fingerprint density at radius 3 is 2.34 bits per heavy atom. The number of amides is 4. The molecule has 0 saturated carbocycles. The first-order valence-electron chi connectivity index (χ1n) is 13.5. The quantitative estimate of drug-likeness (QED) is 0.539. The minimum atomic E-state index is -0.304. The number of anilines is 2. The average molecular weight is 522 g/mol. The Hall–Kier alpha value is -3.55. The largest absolute Gasteiger partial charge is 0.369 e. The molecule has 0 radical (unpaired) electrons. The normalized spacial score (nSPS) is 14.2. The fourth-order valence-corrected chi connectivity index (χ4v) is 4.54. The summed E-state index contributed by atoms with van der Waals surface area (Å²) in [5, 5.41) is 6.00. The molecule has 0 aromatic heterocycles. The van der Waals surface area contributed by atoms with Crippen LogP contribution in [0, 0.1) is 5.92 Å². The van der Waals surface area contributed by atoms with E-state index in [1.54, 1.807) is 18.0 Å². The molecule has 3 rings (SSSR count). The van der Waals surface area contributed by atoms with Crippen LogP contribution in [0.15, 0.2) is 48.5 Å². The zero-order valence-electron chi connectivity index (χ0n) is 23.7. The third-order valence-corrected chi connectivity index (χ3v) is 6.32. The highest BCUT2D eigenvalue weighted by Gasteiger charge is 2.26. The molecule has 0 aliphatic carbocycles. The van der Waals surface area contributed by atoms with Gasteiger partial charge in [-0.3, -0.25) is 9.59 Å². The fraction of sp³-hybridized carbons (Fsp3) is 0.500. The second kappa shape index (κ2) is 12.8. The number of nitrogens with one attached hydrogen (secondary N) is 2. The standard InChI is InChI=1S/C30H43N5O3/c1-22(2)19-27(36)31-24-13-14-26(25(20-24)28(37)33(6)21-23-11-8-7-9-12-23)34-15-10-16-35(18-17-34)29(38)32-30(3,4)5/h7-9,11-14,20,22H,10,15-19,21H2,1-6H3,(H,31,36)(H,32,38). The van der Waals surface area contributed by atoms with E-state index >= 15 is 0 Å². The second-order valence-corrected chi connectivity index (χ2v) is 11.5. The molecule has 1 aliphatic heterocycles. The van der Waals surface area contributed by atoms with Crippen molar-refractivity contribution in [2.75, 3.05) is 43.4 Å². The van der Waals surface area contributed by atoms with Crippen molar-refractivity contribution in [3.63, 3.8) is 0 Å². The third kappa shape index (κ3) is 8.50. The van der Waals surface area contributed by atoms with Gasteiger partial charge in [0.05, 0.1) is 5.56 Å². The second-order valence-electron chi connectivity index (χ2n) is 11.5. The van der Waals surface area contributed by atoms with E-state index in [0.717, 1.165) is 24.2 Å². The number of carbonyl (C=O) groups excluding carboxylic acids is 3. The van der Waals surface area contributed by atoms with Crippen LogP contribution in [0.4, 0.5) is 16.2 Å². The van der Waals surface area contributed by atoms with E-state index < -0.39 is 0 Å². The van der Waals surface area contributed by atoms with Gasteiger partial charge in [-0.1, -0.05) is 44.2 Å². The van der Waals surface area contributed by atoms with Crippen LogP contribution in [0.5, 0.6) is 0 Å². The summed E-state index contributed by atoms with van der Waals surface area (Å²) in [5.41, 5.74) is 2.70. The van der Waals surface area contributed by atoms with Gasteiger partial charge < -0.3 is 25.3 Å². The van der Waals surface area contributed by atoms with Crippen molar-refractivity contribution in [1.29, 1.82) is 0 Å². The molecule has 1 aliphatic rings. The Kier molecular flexibility index (Phi) is 9.78. The predicted molar refractivity (Wildman–Crippen MR) is 153 cm³/mol. The van der Waals surface area contributed by atoms with Crippen LogP contribution in [0.25, 0.3) is 0 Å². The van der Waals surface area contributed by atoms with Gasteiger partial charge in [0.15, 0.2) is 0 Å². The molecule has 4 amide bonds. The topological polar surface area (TPSA) is 85.0 Å². The first kappa shape index (κ1) is 29.0. The van der Waals surface area contributed by atoms with E-state index in [1.165, 1.54) is 0 Å². The van der Waals surface area contributed by atoms with Crippen molar-refractivity contribution in [3.05, 3.63) is 59.7 Å². The predicted octanol–water partition coefficient (Wildman–Crippen LogP) is 4.96. The molecule has 1 saturated heterocycles. The lowest BCUT2D eigenvalue weighted by Crippen LogP contribution is -2.49. The molecule has 8 heteroatoms. The monoisotopic (exact) mass is 521 g/mol. The molecular formula is C30H43N5O3. The van der Waals surface area contributed by atoms with E-state index in [2.05, 4.69) is 15.5 Å². The van der Waals surface area contributed by atoms with Gasteiger partial charge in [-0.15, -0.1) is 0 Å². The number of hydrogen-bond donors (Lipinski definition) is 2. The van der Waals surface area contributed by atoms with E-state index in [4.69, 9.17) is 0 Å². The summed E-state index contributed by atoms with van der Waals surface area (Å²) in [4.78, 5) is 44.7. The summed E-state index contributed by atoms with van der Waals surface area (Å²) < 4.78 is 0. The van der Waals surface area contributed by atoms with Crippen LogP contribution in [0.2, 0.25) is 0 Å². The Bertz CT molecular complexity index is 1110. The summed E-state index contributed by atoms with van der Waals surface area (Å²) in [7, 11) is 1.80. The van der Waals surface area contributed by atoms with Crippen LogP contribution in [-0.4, -0.2) is 66.4 Å². The summed E-state index contributed by atoms with van der Waals surface area (Å²) in [6, 6.07) is 15.4. The number of rotatable bonds is 7. The van der Waals surface area contributed by atoms with Gasteiger partial charge in [0.25, 0.3) is 5.91 Å². The highest BCUT2D eigenvalue weighted by Crippen LogP contribution is 2.28. The Morgan fingerprint density at radius 1 is 0.974 bits per heavy atom. The van der Waals surface area contributed by atoms with Crippen LogP contribution in [-0.2, 0) is 11.3 Å². The van der Waals surface area contributed by atoms with Crippen molar-refractivity contribution < 1.29 is 14.4 Å². The molecule has 2 aromatic carbocycles. The number of urea groups is 1. The molecule has 1 heterocycles. The van der Waals surface area contributed by atoms with E-state index in [-0.39, 0.29) is 29.3 Å². The maximum absolute atomic E-state index is 13.8. The van der Waals surface area contributed by atoms with Crippen LogP contribution in [0.1, 0.15) is 63.4 Å². The molecule has 0 bridgehead atoms. The van der Waals surface area contributed by atoms with Crippen LogP contribution >= 0.6 is 0 Å². The zero-order valence-corrected chi connectivity index (χ0v) is 23.7. The smallest absolute Gasteiger partial charge is 0.317 e. The van der Waals surface area contributed by atoms with Crippen molar-refractivity contribution in [3.8, 4) is 0 Å². The maximum Gasteiger partial charge on any atom is 0.317 e. The first-order chi connectivity index (χ1) is 17.9. The molecule has 2 N–H and O–H groups in total. The number of nitrogens with zero attached hydrogens (tertiary/aromatic N) is 3. The lowest BCUT2D eigenvalue weighted by atomic mass is 10.1. The molecule has 0 spiro atoms. The van der Waals surface area contributed by atoms with Crippen molar-refractivity contribution >= 4 is 29.2 Å². The summed E-state index contributed by atoms with van der Waals surface area (Å²) in [6.45, 7) is 12.9. The Balaban J connectivity index is 1.85. The molecule has 38 heavy (non-hydrogen) atoms. The fourth-order valence-electron chi connectivity index (χ4n) is 4.54. The van der Waals surface area contributed by atoms with Gasteiger partial charge in [-0.05, 0) is 56.9 Å². The lowest BCUT2D eigenvalue weighted by molar-refractivity contribution is -0.116. The van der Waals surface area contributed by atoms with Crippen LogP contribution < -0.4 is 15.5 Å². The van der Waals surface area contributed by atoms with Crippen LogP contribution in [0.3, 0.4) is 0 Å². The Labute approximate surface area is 227 Å². The number of carbonyl (C=O) groups is 3. The number of hydrogen-bond acceptors (Lipinski definition) is 4. The molecule has 1 fully saturated rings. The van der Waals surface area contributed by atoms with E-state index in [1.807, 2.05) is 82.0 Å². The summed E-state index contributed by atoms with van der Waals surface area (Å²) >= 11 is 0. The van der Waals surface area contributed by atoms with E-state index in [9.17, 15) is 14.4 Å². The minimum absolute atomic E-state index is 0.0681. The molecule has 8 nitrogen and oxygen atoms in total. The highest BCUT2D eigenvalue weighted by atomic mass is 16.2. The van der Waals surface area contributed by atoms with Gasteiger partial charge in [0.2, 0.25) is 5.91 Å². The van der Waals surface area contributed by atoms with Gasteiger partial charge in [-0.25, -0.2) is 4.79 Å². The van der Waals surface area contributed by atoms with Crippen molar-refractivity contribution in [1.82, 2.24) is 15.1 Å². The summed E-state index contributed by atoms with van der Waals surface area (Å²) in [6.07, 6.45) is 1.20. The average Bonchev–Trinajstić information content (AvgIpc) is 3.09. The number of benzene rings is 2. The molecular weight excluding hydrogens is 478 g/mol. The minimum Gasteiger partial charge on any atom is -0.369 e. The van der Waals surface area contributed by atoms with Crippen molar-refractivity contribution in [2.24, 2.45) is 5.92 Å². The Morgan fingerprint density at radius 2 is 1.68 bits per heavy atom. The third-order valence-electron chi connectivity index (χ3n) is 6.32. The van der Waals surface area contributed by atoms with Gasteiger partial charge in [0, 0.05) is 63.1 Å². The molecule has 0 atom stereocenters. The van der Waals surface area contributed by atoms with E-state index in [0.29, 0.717) is 43.9 Å². The molecule has 206 valence electrons. The summed E-state index contributed by atoms with van der Waals surface area (Å²) in [5.74, 6) is 0.0531.